The van der Waals surface area contributed by atoms with Crippen LogP contribution in [0.15, 0.2) is 18.2 Å². The molecule has 0 amide bonds. The molecule has 0 aliphatic carbocycles. The van der Waals surface area contributed by atoms with E-state index in [9.17, 15) is 4.79 Å². The molecule has 0 bridgehead atoms. The highest BCUT2D eigenvalue weighted by Crippen LogP contribution is 2.25. The third kappa shape index (κ3) is 2.37. The summed E-state index contributed by atoms with van der Waals surface area (Å²) in [5, 5.41) is 26.7. The average Bonchev–Trinajstić information content (AvgIpc) is 2.10. The van der Waals surface area contributed by atoms with Gasteiger partial charge in [-0.1, -0.05) is 6.07 Å². The molecule has 76 valence electrons. The number of benzene rings is 1. The molecule has 0 saturated carbocycles. The van der Waals surface area contributed by atoms with Gasteiger partial charge in [-0.15, -0.1) is 0 Å². The molecule has 0 fully saturated rings. The van der Waals surface area contributed by atoms with Gasteiger partial charge < -0.3 is 21.1 Å². The topological polar surface area (TPSA) is 104 Å². The van der Waals surface area contributed by atoms with Gasteiger partial charge in [0.05, 0.1) is 1.37 Å². The number of phenolic OH excluding ortho intramolecular Hbond substituents is 2. The summed E-state index contributed by atoms with van der Waals surface area (Å²) >= 11 is 0. The van der Waals surface area contributed by atoms with E-state index in [1.54, 1.807) is 0 Å². The van der Waals surface area contributed by atoms with E-state index < -0.39 is 12.0 Å². The van der Waals surface area contributed by atoms with E-state index in [1.165, 1.54) is 18.2 Å². The molecule has 0 saturated heterocycles. The van der Waals surface area contributed by atoms with Crippen LogP contribution in [-0.2, 0) is 11.2 Å². The maximum absolute atomic E-state index is 10.6. The number of rotatable bonds is 3. The fourth-order valence-corrected chi connectivity index (χ4v) is 0.974. The molecule has 1 rings (SSSR count). The summed E-state index contributed by atoms with van der Waals surface area (Å²) in [5.41, 5.74) is 5.57. The minimum atomic E-state index is -2.14. The SMILES string of the molecule is [2H][C@](N)(Cc1ccc(O)c(O)c1)C(=O)O. The van der Waals surface area contributed by atoms with E-state index >= 15 is 0 Å². The second-order valence-corrected chi connectivity index (χ2v) is 2.83. The van der Waals surface area contributed by atoms with Gasteiger partial charge in [-0.25, -0.2) is 0 Å². The van der Waals surface area contributed by atoms with E-state index in [4.69, 9.17) is 22.4 Å². The predicted octanol–water partition coefficient (Wildman–Crippen LogP) is 0.0522. The maximum atomic E-state index is 10.6. The maximum Gasteiger partial charge on any atom is 0.320 e. The van der Waals surface area contributed by atoms with Crippen LogP contribution in [0.1, 0.15) is 6.93 Å². The van der Waals surface area contributed by atoms with Crippen LogP contribution in [0.4, 0.5) is 0 Å². The van der Waals surface area contributed by atoms with Gasteiger partial charge in [0.1, 0.15) is 6.02 Å². The molecule has 1 aromatic carbocycles. The summed E-state index contributed by atoms with van der Waals surface area (Å²) in [7, 11) is 0. The second kappa shape index (κ2) is 3.97. The lowest BCUT2D eigenvalue weighted by Crippen LogP contribution is -2.32. The van der Waals surface area contributed by atoms with Gasteiger partial charge in [0, 0.05) is 0 Å². The molecule has 0 aliphatic rings. The molecular weight excluding hydrogens is 186 g/mol. The quantitative estimate of drug-likeness (QED) is 0.514. The highest BCUT2D eigenvalue weighted by Gasteiger charge is 2.12. The Morgan fingerprint density at radius 1 is 1.50 bits per heavy atom. The number of carboxylic acids is 1. The number of carbonyl (C=O) groups is 1. The van der Waals surface area contributed by atoms with Crippen LogP contribution in [0.25, 0.3) is 0 Å². The van der Waals surface area contributed by atoms with Crippen LogP contribution >= 0.6 is 0 Å². The lowest BCUT2D eigenvalue weighted by atomic mass is 10.1. The molecule has 0 spiro atoms. The number of nitrogens with two attached hydrogens (primary N) is 1. The highest BCUT2D eigenvalue weighted by molar-refractivity contribution is 5.73. The molecular formula is C9H11NO4. The van der Waals surface area contributed by atoms with Crippen LogP contribution in [0.5, 0.6) is 11.5 Å². The Hall–Kier alpha value is -1.75. The van der Waals surface area contributed by atoms with Gasteiger partial charge in [-0.05, 0) is 24.1 Å². The lowest BCUT2D eigenvalue weighted by molar-refractivity contribution is -0.138. The van der Waals surface area contributed by atoms with E-state index in [0.717, 1.165) is 0 Å². The van der Waals surface area contributed by atoms with Crippen molar-refractivity contribution in [3.63, 3.8) is 0 Å². The molecule has 0 heterocycles. The second-order valence-electron chi connectivity index (χ2n) is 2.83. The highest BCUT2D eigenvalue weighted by atomic mass is 16.4. The van der Waals surface area contributed by atoms with E-state index in [-0.39, 0.29) is 17.9 Å². The summed E-state index contributed by atoms with van der Waals surface area (Å²) in [5.74, 6) is -2.12. The molecule has 5 heteroatoms. The van der Waals surface area contributed by atoms with Crippen LogP contribution in [0, 0.1) is 0 Å². The van der Waals surface area contributed by atoms with E-state index in [2.05, 4.69) is 0 Å². The van der Waals surface area contributed by atoms with Crippen molar-refractivity contribution >= 4 is 5.97 Å². The van der Waals surface area contributed by atoms with Gasteiger partial charge in [-0.3, -0.25) is 4.79 Å². The third-order valence-electron chi connectivity index (χ3n) is 1.71. The molecule has 0 radical (unpaired) electrons. The zero-order valence-corrected chi connectivity index (χ0v) is 7.27. The fraction of sp³-hybridized carbons (Fsp3) is 0.222. The molecule has 5 nitrogen and oxygen atoms in total. The van der Waals surface area contributed by atoms with Crippen LogP contribution in [0.3, 0.4) is 0 Å². The summed E-state index contributed by atoms with van der Waals surface area (Å²) in [6, 6.07) is 1.65. The van der Waals surface area contributed by atoms with Crippen molar-refractivity contribution in [2.45, 2.75) is 12.4 Å². The lowest BCUT2D eigenvalue weighted by Gasteiger charge is -2.06. The number of aliphatic carboxylic acids is 1. The first-order chi connectivity index (χ1) is 6.83. The van der Waals surface area contributed by atoms with Gasteiger partial charge in [0.25, 0.3) is 0 Å². The summed E-state index contributed by atoms with van der Waals surface area (Å²) in [4.78, 5) is 10.6. The van der Waals surface area contributed by atoms with Gasteiger partial charge in [0.15, 0.2) is 11.5 Å². The largest absolute Gasteiger partial charge is 0.504 e. The number of hydrogen-bond acceptors (Lipinski definition) is 4. The monoisotopic (exact) mass is 198 g/mol. The summed E-state index contributed by atoms with van der Waals surface area (Å²) in [6.45, 7) is 0. The Balaban J connectivity index is 2.91. The zero-order valence-electron chi connectivity index (χ0n) is 8.27. The molecule has 14 heavy (non-hydrogen) atoms. The number of hydrogen-bond donors (Lipinski definition) is 4. The first-order valence-corrected chi connectivity index (χ1v) is 3.86. The number of phenols is 2. The Morgan fingerprint density at radius 3 is 2.64 bits per heavy atom. The van der Waals surface area contributed by atoms with Crippen LogP contribution < -0.4 is 5.73 Å². The zero-order chi connectivity index (χ0) is 11.6. The van der Waals surface area contributed by atoms with Crippen molar-refractivity contribution < 1.29 is 21.5 Å². The summed E-state index contributed by atoms with van der Waals surface area (Å²) < 4.78 is 7.28. The molecule has 0 unspecified atom stereocenters. The van der Waals surface area contributed by atoms with Crippen molar-refractivity contribution in [1.82, 2.24) is 0 Å². The van der Waals surface area contributed by atoms with Gasteiger partial charge in [0.2, 0.25) is 0 Å². The van der Waals surface area contributed by atoms with E-state index in [0.29, 0.717) is 5.56 Å². The van der Waals surface area contributed by atoms with Crippen molar-refractivity contribution in [3.8, 4) is 11.5 Å². The van der Waals surface area contributed by atoms with Crippen LogP contribution in [0.2, 0.25) is 0 Å². The standard InChI is InChI=1S/C9H11NO4/c10-6(9(13)14)3-5-1-2-7(11)8(12)4-5/h1-2,4,6,11-12H,3,10H2,(H,13,14)/t6-/m0/s1/i6D. The van der Waals surface area contributed by atoms with Gasteiger partial charge >= 0.3 is 5.97 Å². The Kier molecular flexibility index (Phi) is 2.51. The Labute approximate surface area is 81.8 Å². The third-order valence-corrected chi connectivity index (χ3v) is 1.71. The van der Waals surface area contributed by atoms with E-state index in [1.807, 2.05) is 0 Å². The first-order valence-electron chi connectivity index (χ1n) is 4.36. The van der Waals surface area contributed by atoms with Crippen molar-refractivity contribution in [1.29, 1.82) is 0 Å². The fourth-order valence-electron chi connectivity index (χ4n) is 0.974. The molecule has 1 aromatic rings. The predicted molar refractivity (Wildman–Crippen MR) is 49.1 cm³/mol. The summed E-state index contributed by atoms with van der Waals surface area (Å²) in [6.07, 6.45) is -0.254. The Morgan fingerprint density at radius 2 is 2.14 bits per heavy atom. The molecule has 0 aliphatic heterocycles. The minimum Gasteiger partial charge on any atom is -0.504 e. The normalized spacial score (nSPS) is 15.6. The minimum absolute atomic E-state index is 0.254. The molecule has 5 N–H and O–H groups in total. The van der Waals surface area contributed by atoms with Crippen molar-refractivity contribution in [2.75, 3.05) is 0 Å². The first kappa shape index (κ1) is 8.83. The molecule has 1 atom stereocenters. The van der Waals surface area contributed by atoms with Crippen LogP contribution in [-0.4, -0.2) is 27.3 Å². The number of carboxylic acid groups (broad SMARTS) is 1. The molecule has 0 aromatic heterocycles. The van der Waals surface area contributed by atoms with Crippen molar-refractivity contribution in [3.05, 3.63) is 23.8 Å². The van der Waals surface area contributed by atoms with Gasteiger partial charge in [-0.2, -0.15) is 0 Å². The van der Waals surface area contributed by atoms with Crippen molar-refractivity contribution in [2.24, 2.45) is 5.73 Å². The smallest absolute Gasteiger partial charge is 0.320 e. The Bertz CT molecular complexity index is 392. The average molecular weight is 198 g/mol. The number of aromatic hydroxyl groups is 2.